The van der Waals surface area contributed by atoms with E-state index in [1.54, 1.807) is 0 Å². The zero-order valence-electron chi connectivity index (χ0n) is 12.5. The third-order valence-electron chi connectivity index (χ3n) is 4.21. The lowest BCUT2D eigenvalue weighted by Crippen LogP contribution is -2.39. The fraction of sp³-hybridized carbons (Fsp3) is 0.647. The number of hydrogen-bond donors (Lipinski definition) is 1. The number of rotatable bonds is 4. The Morgan fingerprint density at radius 3 is 2.53 bits per heavy atom. The predicted molar refractivity (Wildman–Crippen MR) is 82.4 cm³/mol. The highest BCUT2D eigenvalue weighted by molar-refractivity contribution is 5.22. The third kappa shape index (κ3) is 4.63. The first-order valence-corrected chi connectivity index (χ1v) is 7.85. The van der Waals surface area contributed by atoms with Crippen LogP contribution in [0.4, 0.5) is 0 Å². The molecule has 1 fully saturated rings. The first-order chi connectivity index (χ1) is 9.31. The van der Waals surface area contributed by atoms with Gasteiger partial charge in [-0.3, -0.25) is 4.90 Å². The minimum atomic E-state index is 0.713. The maximum absolute atomic E-state index is 3.64. The van der Waals surface area contributed by atoms with E-state index in [1.165, 1.54) is 50.0 Å². The zero-order valence-corrected chi connectivity index (χ0v) is 12.5. The summed E-state index contributed by atoms with van der Waals surface area (Å²) in [6, 6.07) is 9.86. The summed E-state index contributed by atoms with van der Waals surface area (Å²) in [7, 11) is 0. The molecule has 1 aromatic rings. The van der Waals surface area contributed by atoms with Gasteiger partial charge in [-0.2, -0.15) is 0 Å². The highest BCUT2D eigenvalue weighted by atomic mass is 15.1. The lowest BCUT2D eigenvalue weighted by molar-refractivity contribution is 0.224. The van der Waals surface area contributed by atoms with E-state index in [0.717, 1.165) is 13.0 Å². The molecule has 1 N–H and O–H groups in total. The lowest BCUT2D eigenvalue weighted by Gasteiger charge is -2.28. The minimum Gasteiger partial charge on any atom is -0.314 e. The van der Waals surface area contributed by atoms with Gasteiger partial charge in [0.2, 0.25) is 0 Å². The predicted octanol–water partition coefficient (Wildman–Crippen LogP) is 3.21. The number of hydrogen-bond acceptors (Lipinski definition) is 2. The van der Waals surface area contributed by atoms with E-state index in [2.05, 4.69) is 48.3 Å². The fourth-order valence-corrected chi connectivity index (χ4v) is 2.81. The van der Waals surface area contributed by atoms with Crippen molar-refractivity contribution in [2.75, 3.05) is 19.6 Å². The largest absolute Gasteiger partial charge is 0.314 e. The van der Waals surface area contributed by atoms with Crippen LogP contribution in [0.3, 0.4) is 0 Å². The monoisotopic (exact) mass is 260 g/mol. The van der Waals surface area contributed by atoms with Crippen molar-refractivity contribution in [3.8, 4) is 0 Å². The highest BCUT2D eigenvalue weighted by Crippen LogP contribution is 2.11. The van der Waals surface area contributed by atoms with Gasteiger partial charge >= 0.3 is 0 Å². The molecule has 0 saturated carbocycles. The molecule has 0 aromatic heterocycles. The SMILES string of the molecule is CCc1ccc(CN2CCCNC(CC)CC2)cc1. The summed E-state index contributed by atoms with van der Waals surface area (Å²) in [4.78, 5) is 2.62. The van der Waals surface area contributed by atoms with E-state index in [0.29, 0.717) is 6.04 Å². The molecule has 1 unspecified atom stereocenters. The van der Waals surface area contributed by atoms with Gasteiger partial charge in [0.25, 0.3) is 0 Å². The van der Waals surface area contributed by atoms with Crippen molar-refractivity contribution in [1.29, 1.82) is 0 Å². The molecule has 0 spiro atoms. The van der Waals surface area contributed by atoms with Crippen LogP contribution in [-0.2, 0) is 13.0 Å². The van der Waals surface area contributed by atoms with Crippen molar-refractivity contribution in [3.05, 3.63) is 35.4 Å². The molecule has 19 heavy (non-hydrogen) atoms. The Kier molecular flexibility index (Phi) is 5.87. The Hall–Kier alpha value is -0.860. The Balaban J connectivity index is 1.89. The molecular formula is C17H28N2. The van der Waals surface area contributed by atoms with Gasteiger partial charge < -0.3 is 5.32 Å². The molecule has 1 saturated heterocycles. The van der Waals surface area contributed by atoms with Gasteiger partial charge in [-0.05, 0) is 56.4 Å². The van der Waals surface area contributed by atoms with Gasteiger partial charge in [0.1, 0.15) is 0 Å². The minimum absolute atomic E-state index is 0.713. The van der Waals surface area contributed by atoms with E-state index in [1.807, 2.05) is 0 Å². The van der Waals surface area contributed by atoms with Crippen molar-refractivity contribution in [2.24, 2.45) is 0 Å². The molecule has 0 amide bonds. The van der Waals surface area contributed by atoms with Gasteiger partial charge in [-0.25, -0.2) is 0 Å². The van der Waals surface area contributed by atoms with Crippen molar-refractivity contribution in [2.45, 2.75) is 52.1 Å². The molecule has 1 aliphatic heterocycles. The number of aryl methyl sites for hydroxylation is 1. The van der Waals surface area contributed by atoms with E-state index < -0.39 is 0 Å². The van der Waals surface area contributed by atoms with Gasteiger partial charge in [-0.15, -0.1) is 0 Å². The van der Waals surface area contributed by atoms with Gasteiger partial charge in [0.15, 0.2) is 0 Å². The molecule has 0 aliphatic carbocycles. The van der Waals surface area contributed by atoms with Crippen molar-refractivity contribution in [1.82, 2.24) is 10.2 Å². The second-order valence-electron chi connectivity index (χ2n) is 5.65. The topological polar surface area (TPSA) is 15.3 Å². The summed E-state index contributed by atoms with van der Waals surface area (Å²) in [5, 5.41) is 3.64. The van der Waals surface area contributed by atoms with Crippen LogP contribution >= 0.6 is 0 Å². The van der Waals surface area contributed by atoms with Gasteiger partial charge in [-0.1, -0.05) is 38.1 Å². The molecule has 1 aromatic carbocycles. The maximum Gasteiger partial charge on any atom is 0.0233 e. The molecule has 0 radical (unpaired) electrons. The van der Waals surface area contributed by atoms with E-state index in [-0.39, 0.29) is 0 Å². The summed E-state index contributed by atoms with van der Waals surface area (Å²) in [5.74, 6) is 0. The first-order valence-electron chi connectivity index (χ1n) is 7.85. The number of nitrogens with zero attached hydrogens (tertiary/aromatic N) is 1. The van der Waals surface area contributed by atoms with Crippen LogP contribution in [0.25, 0.3) is 0 Å². The Morgan fingerprint density at radius 2 is 1.84 bits per heavy atom. The summed E-state index contributed by atoms with van der Waals surface area (Å²) in [6.07, 6.45) is 4.93. The molecule has 2 heteroatoms. The molecular weight excluding hydrogens is 232 g/mol. The second-order valence-corrected chi connectivity index (χ2v) is 5.65. The summed E-state index contributed by atoms with van der Waals surface area (Å²) >= 11 is 0. The average molecular weight is 260 g/mol. The molecule has 2 rings (SSSR count). The van der Waals surface area contributed by atoms with Crippen molar-refractivity contribution in [3.63, 3.8) is 0 Å². The Morgan fingerprint density at radius 1 is 1.11 bits per heavy atom. The van der Waals surface area contributed by atoms with Crippen LogP contribution in [0.2, 0.25) is 0 Å². The first kappa shape index (κ1) is 14.5. The summed E-state index contributed by atoms with van der Waals surface area (Å²) in [5.41, 5.74) is 2.89. The van der Waals surface area contributed by atoms with Crippen LogP contribution in [0.5, 0.6) is 0 Å². The van der Waals surface area contributed by atoms with E-state index in [4.69, 9.17) is 0 Å². The van der Waals surface area contributed by atoms with Crippen molar-refractivity contribution < 1.29 is 0 Å². The average Bonchev–Trinajstić information content (AvgIpc) is 2.43. The van der Waals surface area contributed by atoms with Crippen molar-refractivity contribution >= 4 is 0 Å². The van der Waals surface area contributed by atoms with Gasteiger partial charge in [0.05, 0.1) is 0 Å². The highest BCUT2D eigenvalue weighted by Gasteiger charge is 2.13. The summed E-state index contributed by atoms with van der Waals surface area (Å²) < 4.78 is 0. The molecule has 0 bridgehead atoms. The second kappa shape index (κ2) is 7.66. The molecule has 2 nitrogen and oxygen atoms in total. The zero-order chi connectivity index (χ0) is 13.5. The number of benzene rings is 1. The van der Waals surface area contributed by atoms with Gasteiger partial charge in [0, 0.05) is 12.6 Å². The normalized spacial score (nSPS) is 21.9. The third-order valence-corrected chi connectivity index (χ3v) is 4.21. The van der Waals surface area contributed by atoms with Crippen LogP contribution in [0.1, 0.15) is 44.2 Å². The van der Waals surface area contributed by atoms with Crippen LogP contribution in [0, 0.1) is 0 Å². The molecule has 1 atom stereocenters. The Bertz CT molecular complexity index is 358. The van der Waals surface area contributed by atoms with E-state index >= 15 is 0 Å². The Labute approximate surface area is 118 Å². The smallest absolute Gasteiger partial charge is 0.0233 e. The lowest BCUT2D eigenvalue weighted by atomic mass is 10.1. The fourth-order valence-electron chi connectivity index (χ4n) is 2.81. The van der Waals surface area contributed by atoms with Crippen LogP contribution < -0.4 is 5.32 Å². The molecule has 106 valence electrons. The standard InChI is InChI=1S/C17H28N2/c1-3-15-6-8-16(9-7-15)14-19-12-5-11-18-17(4-2)10-13-19/h6-9,17-18H,3-5,10-14H2,1-2H3. The maximum atomic E-state index is 3.64. The quantitative estimate of drug-likeness (QED) is 0.894. The summed E-state index contributed by atoms with van der Waals surface area (Å²) in [6.45, 7) is 9.22. The molecule has 1 aliphatic rings. The van der Waals surface area contributed by atoms with Crippen LogP contribution in [-0.4, -0.2) is 30.6 Å². The van der Waals surface area contributed by atoms with E-state index in [9.17, 15) is 0 Å². The molecule has 1 heterocycles. The van der Waals surface area contributed by atoms with Crippen LogP contribution in [0.15, 0.2) is 24.3 Å². The number of nitrogens with one attached hydrogen (secondary N) is 1.